The summed E-state index contributed by atoms with van der Waals surface area (Å²) in [6, 6.07) is 17.1. The minimum atomic E-state index is -0.576. The number of benzene rings is 2. The minimum absolute atomic E-state index is 0.0402. The van der Waals surface area contributed by atoms with E-state index in [4.69, 9.17) is 0 Å². The molecule has 0 atom stereocenters. The molecule has 1 heterocycles. The lowest BCUT2D eigenvalue weighted by atomic mass is 10.1. The van der Waals surface area contributed by atoms with Crippen molar-refractivity contribution in [3.8, 4) is 5.75 Å². The van der Waals surface area contributed by atoms with Crippen molar-refractivity contribution >= 4 is 16.8 Å². The van der Waals surface area contributed by atoms with Crippen LogP contribution in [0.15, 0.2) is 59.4 Å². The summed E-state index contributed by atoms with van der Waals surface area (Å²) in [6.45, 7) is 0.469. The molecule has 3 rings (SSSR count). The molecular weight excluding hydrogens is 316 g/mol. The first-order chi connectivity index (χ1) is 12.1. The van der Waals surface area contributed by atoms with Crippen LogP contribution in [0, 0.1) is 0 Å². The third-order valence-corrected chi connectivity index (χ3v) is 4.28. The highest BCUT2D eigenvalue weighted by Gasteiger charge is 2.19. The second-order valence-corrected chi connectivity index (χ2v) is 5.95. The van der Waals surface area contributed by atoms with Crippen LogP contribution in [0.1, 0.15) is 22.3 Å². The molecule has 0 saturated carbocycles. The molecule has 3 aromatic rings. The van der Waals surface area contributed by atoms with Crippen LogP contribution in [-0.4, -0.2) is 22.1 Å². The number of carbonyl (C=O) groups is 1. The summed E-state index contributed by atoms with van der Waals surface area (Å²) in [4.78, 5) is 24.7. The highest BCUT2D eigenvalue weighted by atomic mass is 16.3. The van der Waals surface area contributed by atoms with E-state index in [0.717, 1.165) is 12.8 Å². The normalized spacial score (nSPS) is 10.8. The lowest BCUT2D eigenvalue weighted by Gasteiger charge is -2.12. The molecular formula is C20H20N2O3. The number of aromatic hydroxyl groups is 1. The van der Waals surface area contributed by atoms with E-state index in [2.05, 4.69) is 5.32 Å². The molecule has 5 nitrogen and oxygen atoms in total. The van der Waals surface area contributed by atoms with E-state index >= 15 is 0 Å². The Kier molecular flexibility index (Phi) is 4.84. The average molecular weight is 336 g/mol. The molecule has 0 aliphatic heterocycles. The Morgan fingerprint density at radius 3 is 2.52 bits per heavy atom. The predicted octanol–water partition coefficient (Wildman–Crippen LogP) is 2.61. The Labute approximate surface area is 145 Å². The Hall–Kier alpha value is -3.08. The molecule has 128 valence electrons. The van der Waals surface area contributed by atoms with Crippen molar-refractivity contribution in [3.05, 3.63) is 76.1 Å². The molecule has 0 fully saturated rings. The number of para-hydroxylation sites is 1. The van der Waals surface area contributed by atoms with Gasteiger partial charge in [0.1, 0.15) is 0 Å². The third kappa shape index (κ3) is 3.40. The molecule has 0 unspecified atom stereocenters. The molecule has 0 aliphatic carbocycles. The summed E-state index contributed by atoms with van der Waals surface area (Å²) in [6.07, 6.45) is 1.63. The second kappa shape index (κ2) is 7.21. The van der Waals surface area contributed by atoms with Crippen molar-refractivity contribution < 1.29 is 9.90 Å². The average Bonchev–Trinajstić information content (AvgIpc) is 2.64. The van der Waals surface area contributed by atoms with E-state index in [1.807, 2.05) is 30.3 Å². The number of pyridine rings is 1. The van der Waals surface area contributed by atoms with Crippen molar-refractivity contribution in [2.24, 2.45) is 7.05 Å². The lowest BCUT2D eigenvalue weighted by molar-refractivity contribution is 0.0952. The van der Waals surface area contributed by atoms with Crippen LogP contribution in [0.4, 0.5) is 0 Å². The molecule has 25 heavy (non-hydrogen) atoms. The largest absolute Gasteiger partial charge is 0.502 e. The summed E-state index contributed by atoms with van der Waals surface area (Å²) in [7, 11) is 1.58. The molecule has 0 saturated heterocycles. The number of aryl methyl sites for hydroxylation is 2. The highest BCUT2D eigenvalue weighted by Crippen LogP contribution is 2.23. The fraction of sp³-hybridized carbons (Fsp3) is 0.200. The number of hydrogen-bond acceptors (Lipinski definition) is 3. The summed E-state index contributed by atoms with van der Waals surface area (Å²) < 4.78 is 1.34. The van der Waals surface area contributed by atoms with Gasteiger partial charge in [0.25, 0.3) is 11.5 Å². The van der Waals surface area contributed by atoms with Crippen LogP contribution in [0.3, 0.4) is 0 Å². The second-order valence-electron chi connectivity index (χ2n) is 5.95. The molecule has 2 aromatic carbocycles. The number of carbonyl (C=O) groups excluding carboxylic acids is 1. The van der Waals surface area contributed by atoms with Crippen LogP contribution in [-0.2, 0) is 13.5 Å². The van der Waals surface area contributed by atoms with Gasteiger partial charge in [-0.3, -0.25) is 9.59 Å². The predicted molar refractivity (Wildman–Crippen MR) is 98.0 cm³/mol. The monoisotopic (exact) mass is 336 g/mol. The zero-order valence-corrected chi connectivity index (χ0v) is 14.0. The van der Waals surface area contributed by atoms with E-state index in [0.29, 0.717) is 17.4 Å². The molecule has 1 aromatic heterocycles. The topological polar surface area (TPSA) is 71.3 Å². The molecule has 0 aliphatic rings. The van der Waals surface area contributed by atoms with Crippen molar-refractivity contribution in [2.75, 3.05) is 6.54 Å². The molecule has 0 bridgehead atoms. The first kappa shape index (κ1) is 16.8. The van der Waals surface area contributed by atoms with Crippen LogP contribution in [0.25, 0.3) is 10.9 Å². The summed E-state index contributed by atoms with van der Waals surface area (Å²) in [5.74, 6) is -0.943. The van der Waals surface area contributed by atoms with E-state index in [-0.39, 0.29) is 5.56 Å². The maximum Gasteiger partial charge on any atom is 0.293 e. The van der Waals surface area contributed by atoms with Crippen molar-refractivity contribution in [3.63, 3.8) is 0 Å². The van der Waals surface area contributed by atoms with Gasteiger partial charge < -0.3 is 15.0 Å². The van der Waals surface area contributed by atoms with Crippen molar-refractivity contribution in [2.45, 2.75) is 12.8 Å². The maximum absolute atomic E-state index is 12.5. The first-order valence-electron chi connectivity index (χ1n) is 8.22. The number of nitrogens with zero attached hydrogens (tertiary/aromatic N) is 1. The number of amides is 1. The van der Waals surface area contributed by atoms with Crippen molar-refractivity contribution in [1.82, 2.24) is 9.88 Å². The van der Waals surface area contributed by atoms with Crippen LogP contribution >= 0.6 is 0 Å². The zero-order chi connectivity index (χ0) is 17.8. The molecule has 2 N–H and O–H groups in total. The molecule has 1 amide bonds. The Morgan fingerprint density at radius 2 is 1.76 bits per heavy atom. The number of hydrogen-bond donors (Lipinski definition) is 2. The summed E-state index contributed by atoms with van der Waals surface area (Å²) in [5, 5.41) is 13.5. The maximum atomic E-state index is 12.5. The van der Waals surface area contributed by atoms with Gasteiger partial charge in [0.2, 0.25) is 0 Å². The Morgan fingerprint density at radius 1 is 1.08 bits per heavy atom. The Bertz CT molecular complexity index is 962. The van der Waals surface area contributed by atoms with Crippen LogP contribution in [0.2, 0.25) is 0 Å². The highest BCUT2D eigenvalue weighted by molar-refractivity contribution is 6.08. The fourth-order valence-corrected chi connectivity index (χ4v) is 2.94. The van der Waals surface area contributed by atoms with Crippen LogP contribution < -0.4 is 10.9 Å². The summed E-state index contributed by atoms with van der Waals surface area (Å²) in [5.41, 5.74) is 1.28. The summed E-state index contributed by atoms with van der Waals surface area (Å²) >= 11 is 0. The van der Waals surface area contributed by atoms with Gasteiger partial charge in [-0.25, -0.2) is 0 Å². The third-order valence-electron chi connectivity index (χ3n) is 4.28. The van der Waals surface area contributed by atoms with Gasteiger partial charge in [0.05, 0.1) is 11.1 Å². The van der Waals surface area contributed by atoms with Gasteiger partial charge in [-0.1, -0.05) is 48.5 Å². The van der Waals surface area contributed by atoms with E-state index in [1.54, 1.807) is 31.3 Å². The number of aromatic nitrogens is 1. The SMILES string of the molecule is Cn1c(=O)c(O)c(C(=O)NCCCc2ccccc2)c2ccccc21. The van der Waals surface area contributed by atoms with E-state index < -0.39 is 17.2 Å². The quantitative estimate of drug-likeness (QED) is 0.704. The first-order valence-corrected chi connectivity index (χ1v) is 8.22. The minimum Gasteiger partial charge on any atom is -0.502 e. The van der Waals surface area contributed by atoms with E-state index in [1.165, 1.54) is 10.1 Å². The number of rotatable bonds is 5. The zero-order valence-electron chi connectivity index (χ0n) is 14.0. The molecule has 0 radical (unpaired) electrons. The molecule has 5 heteroatoms. The van der Waals surface area contributed by atoms with Crippen molar-refractivity contribution in [1.29, 1.82) is 0 Å². The van der Waals surface area contributed by atoms with Gasteiger partial charge in [0, 0.05) is 19.0 Å². The van der Waals surface area contributed by atoms with Gasteiger partial charge in [-0.05, 0) is 24.5 Å². The van der Waals surface area contributed by atoms with Gasteiger partial charge in [-0.15, -0.1) is 0 Å². The fourth-order valence-electron chi connectivity index (χ4n) is 2.94. The standard InChI is InChI=1S/C20H20N2O3/c1-22-16-12-6-5-11-15(16)17(18(23)20(22)25)19(24)21-13-7-10-14-8-3-2-4-9-14/h2-6,8-9,11-12,23H,7,10,13H2,1H3,(H,21,24). The van der Waals surface area contributed by atoms with Crippen LogP contribution in [0.5, 0.6) is 5.75 Å². The van der Waals surface area contributed by atoms with Gasteiger partial charge >= 0.3 is 0 Å². The van der Waals surface area contributed by atoms with Gasteiger partial charge in [-0.2, -0.15) is 0 Å². The molecule has 0 spiro atoms. The lowest BCUT2D eigenvalue weighted by Crippen LogP contribution is -2.28. The number of fused-ring (bicyclic) bond motifs is 1. The van der Waals surface area contributed by atoms with E-state index in [9.17, 15) is 14.7 Å². The smallest absolute Gasteiger partial charge is 0.293 e. The Balaban J connectivity index is 1.77. The number of nitrogens with one attached hydrogen (secondary N) is 1. The van der Waals surface area contributed by atoms with Gasteiger partial charge in [0.15, 0.2) is 5.75 Å².